The Morgan fingerprint density at radius 2 is 2.40 bits per heavy atom. The molecule has 1 aromatic rings. The van der Waals surface area contributed by atoms with E-state index in [1.165, 1.54) is 0 Å². The molecular weight excluding hydrogens is 258 g/mol. The summed E-state index contributed by atoms with van der Waals surface area (Å²) in [6.07, 6.45) is 3.05. The van der Waals surface area contributed by atoms with E-state index in [-0.39, 0.29) is 12.3 Å². The van der Waals surface area contributed by atoms with Gasteiger partial charge in [-0.05, 0) is 38.3 Å². The summed E-state index contributed by atoms with van der Waals surface area (Å²) in [6.45, 7) is 3.52. The summed E-state index contributed by atoms with van der Waals surface area (Å²) in [4.78, 5) is 15.8. The molecule has 1 fully saturated rings. The van der Waals surface area contributed by atoms with Gasteiger partial charge in [-0.15, -0.1) is 0 Å². The summed E-state index contributed by atoms with van der Waals surface area (Å²) >= 11 is 0. The van der Waals surface area contributed by atoms with E-state index in [1.807, 2.05) is 19.1 Å². The van der Waals surface area contributed by atoms with Crippen LogP contribution < -0.4 is 10.6 Å². The van der Waals surface area contributed by atoms with Gasteiger partial charge in [0.2, 0.25) is 0 Å². The Bertz CT molecular complexity index is 433. The molecule has 1 aromatic heterocycles. The van der Waals surface area contributed by atoms with Crippen molar-refractivity contribution < 1.29 is 14.3 Å². The largest absolute Gasteiger partial charge is 0.353 e. The molecule has 0 radical (unpaired) electrons. The Kier molecular flexibility index (Phi) is 5.76. The Hall–Kier alpha value is -1.66. The van der Waals surface area contributed by atoms with Gasteiger partial charge >= 0.3 is 6.03 Å². The van der Waals surface area contributed by atoms with Crippen LogP contribution in [0.2, 0.25) is 0 Å². The van der Waals surface area contributed by atoms with Gasteiger partial charge in [-0.3, -0.25) is 5.32 Å². The third kappa shape index (κ3) is 5.14. The predicted molar refractivity (Wildman–Crippen MR) is 75.5 cm³/mol. The van der Waals surface area contributed by atoms with Crippen molar-refractivity contribution in [3.05, 3.63) is 23.9 Å². The minimum atomic E-state index is -0.281. The minimum Gasteiger partial charge on any atom is -0.353 e. The molecule has 6 heteroatoms. The van der Waals surface area contributed by atoms with Crippen LogP contribution in [0.25, 0.3) is 0 Å². The van der Waals surface area contributed by atoms with E-state index >= 15 is 0 Å². The van der Waals surface area contributed by atoms with Crippen LogP contribution in [0.1, 0.15) is 25.0 Å². The van der Waals surface area contributed by atoms with Crippen LogP contribution in [0.5, 0.6) is 0 Å². The maximum absolute atomic E-state index is 11.6. The molecule has 6 nitrogen and oxygen atoms in total. The second-order valence-electron chi connectivity index (χ2n) is 4.71. The second-order valence-corrected chi connectivity index (χ2v) is 4.71. The van der Waals surface area contributed by atoms with Crippen LogP contribution in [0, 0.1) is 6.92 Å². The zero-order valence-corrected chi connectivity index (χ0v) is 11.7. The fourth-order valence-electron chi connectivity index (χ4n) is 1.97. The zero-order valence-electron chi connectivity index (χ0n) is 11.7. The lowest BCUT2D eigenvalue weighted by molar-refractivity contribution is -0.160. The molecule has 2 amide bonds. The highest BCUT2D eigenvalue weighted by molar-refractivity contribution is 5.88. The summed E-state index contributed by atoms with van der Waals surface area (Å²) in [5, 5.41) is 5.39. The fraction of sp³-hybridized carbons (Fsp3) is 0.571. The number of rotatable bonds is 5. The normalized spacial score (nSPS) is 18.6. The first-order valence-corrected chi connectivity index (χ1v) is 6.96. The van der Waals surface area contributed by atoms with Crippen LogP contribution in [0.4, 0.5) is 10.6 Å². The first kappa shape index (κ1) is 14.7. The van der Waals surface area contributed by atoms with Crippen molar-refractivity contribution in [2.24, 2.45) is 0 Å². The van der Waals surface area contributed by atoms with E-state index in [4.69, 9.17) is 9.47 Å². The van der Waals surface area contributed by atoms with Gasteiger partial charge in [0.15, 0.2) is 6.29 Å². The van der Waals surface area contributed by atoms with Gasteiger partial charge in [0.1, 0.15) is 5.82 Å². The van der Waals surface area contributed by atoms with E-state index < -0.39 is 0 Å². The van der Waals surface area contributed by atoms with Crippen molar-refractivity contribution in [2.45, 2.75) is 32.5 Å². The molecule has 0 spiro atoms. The van der Waals surface area contributed by atoms with Crippen molar-refractivity contribution in [3.63, 3.8) is 0 Å². The Morgan fingerprint density at radius 1 is 1.50 bits per heavy atom. The second kappa shape index (κ2) is 7.81. The van der Waals surface area contributed by atoms with E-state index in [2.05, 4.69) is 15.6 Å². The van der Waals surface area contributed by atoms with Crippen LogP contribution in [0.3, 0.4) is 0 Å². The number of hydrogen-bond acceptors (Lipinski definition) is 4. The van der Waals surface area contributed by atoms with Crippen molar-refractivity contribution in [1.82, 2.24) is 10.3 Å². The van der Waals surface area contributed by atoms with Gasteiger partial charge in [-0.1, -0.05) is 6.07 Å². The fourth-order valence-corrected chi connectivity index (χ4v) is 1.97. The summed E-state index contributed by atoms with van der Waals surface area (Å²) in [7, 11) is 0. The molecule has 0 aromatic carbocycles. The predicted octanol–water partition coefficient (Wildman–Crippen LogP) is 2.05. The first-order valence-electron chi connectivity index (χ1n) is 6.96. The van der Waals surface area contributed by atoms with Gasteiger partial charge in [0.05, 0.1) is 6.61 Å². The van der Waals surface area contributed by atoms with Gasteiger partial charge in [-0.2, -0.15) is 0 Å². The minimum absolute atomic E-state index is 0.118. The van der Waals surface area contributed by atoms with E-state index in [0.717, 1.165) is 31.6 Å². The lowest BCUT2D eigenvalue weighted by Gasteiger charge is -2.22. The van der Waals surface area contributed by atoms with Crippen LogP contribution in [-0.2, 0) is 9.47 Å². The number of amides is 2. The molecule has 0 aliphatic carbocycles. The van der Waals surface area contributed by atoms with Crippen LogP contribution >= 0.6 is 0 Å². The van der Waals surface area contributed by atoms with Crippen molar-refractivity contribution in [2.75, 3.05) is 25.1 Å². The molecule has 1 atom stereocenters. The lowest BCUT2D eigenvalue weighted by Crippen LogP contribution is -2.33. The molecule has 2 heterocycles. The number of carbonyl (C=O) groups is 1. The summed E-state index contributed by atoms with van der Waals surface area (Å²) in [6, 6.07) is 5.19. The summed E-state index contributed by atoms with van der Waals surface area (Å²) < 4.78 is 11.0. The SMILES string of the molecule is Cc1cccc(NC(=O)NCCO[C@H]2CCCCO2)n1. The van der Waals surface area contributed by atoms with Crippen molar-refractivity contribution in [1.29, 1.82) is 0 Å². The number of aromatic nitrogens is 1. The molecule has 0 saturated carbocycles. The summed E-state index contributed by atoms with van der Waals surface area (Å²) in [5.74, 6) is 0.541. The van der Waals surface area contributed by atoms with Gasteiger partial charge in [0, 0.05) is 18.8 Å². The van der Waals surface area contributed by atoms with Gasteiger partial charge in [0.25, 0.3) is 0 Å². The van der Waals surface area contributed by atoms with E-state index in [9.17, 15) is 4.79 Å². The third-order valence-corrected chi connectivity index (χ3v) is 2.96. The first-order chi connectivity index (χ1) is 9.74. The molecule has 1 aliphatic rings. The molecule has 2 rings (SSSR count). The topological polar surface area (TPSA) is 72.5 Å². The van der Waals surface area contributed by atoms with Crippen molar-refractivity contribution >= 4 is 11.8 Å². The number of nitrogens with one attached hydrogen (secondary N) is 2. The zero-order chi connectivity index (χ0) is 14.2. The molecule has 1 saturated heterocycles. The highest BCUT2D eigenvalue weighted by atomic mass is 16.7. The number of urea groups is 1. The number of nitrogens with zero attached hydrogens (tertiary/aromatic N) is 1. The molecule has 0 unspecified atom stereocenters. The summed E-state index contributed by atoms with van der Waals surface area (Å²) in [5.41, 5.74) is 0.862. The average Bonchev–Trinajstić information content (AvgIpc) is 2.45. The highest BCUT2D eigenvalue weighted by Crippen LogP contribution is 2.13. The molecule has 1 aliphatic heterocycles. The maximum atomic E-state index is 11.6. The van der Waals surface area contributed by atoms with E-state index in [0.29, 0.717) is 19.0 Å². The maximum Gasteiger partial charge on any atom is 0.320 e. The lowest BCUT2D eigenvalue weighted by atomic mass is 10.2. The molecule has 20 heavy (non-hydrogen) atoms. The standard InChI is InChI=1S/C14H21N3O3/c1-11-5-4-6-12(16-11)17-14(18)15-8-10-20-13-7-2-3-9-19-13/h4-6,13H,2-3,7-10H2,1H3,(H2,15,16,17,18)/t13-/m0/s1. The molecular formula is C14H21N3O3. The Labute approximate surface area is 118 Å². The van der Waals surface area contributed by atoms with Gasteiger partial charge < -0.3 is 14.8 Å². The number of anilines is 1. The Balaban J connectivity index is 1.60. The molecule has 110 valence electrons. The average molecular weight is 279 g/mol. The van der Waals surface area contributed by atoms with Crippen molar-refractivity contribution in [3.8, 4) is 0 Å². The number of pyridine rings is 1. The van der Waals surface area contributed by atoms with E-state index in [1.54, 1.807) is 6.07 Å². The highest BCUT2D eigenvalue weighted by Gasteiger charge is 2.13. The van der Waals surface area contributed by atoms with Crippen LogP contribution in [-0.4, -0.2) is 37.1 Å². The molecule has 0 bridgehead atoms. The number of carbonyl (C=O) groups excluding carboxylic acids is 1. The van der Waals surface area contributed by atoms with Crippen LogP contribution in [0.15, 0.2) is 18.2 Å². The van der Waals surface area contributed by atoms with Gasteiger partial charge in [-0.25, -0.2) is 9.78 Å². The smallest absolute Gasteiger partial charge is 0.320 e. The monoisotopic (exact) mass is 279 g/mol. The number of aryl methyl sites for hydroxylation is 1. The Morgan fingerprint density at radius 3 is 3.15 bits per heavy atom. The number of hydrogen-bond donors (Lipinski definition) is 2. The third-order valence-electron chi connectivity index (χ3n) is 2.96. The number of ether oxygens (including phenoxy) is 2. The molecule has 2 N–H and O–H groups in total. The quantitative estimate of drug-likeness (QED) is 0.809.